The number of rotatable bonds is 7. The number of nitrogens with zero attached hydrogens (tertiary/aromatic N) is 3. The molecule has 168 valence electrons. The highest BCUT2D eigenvalue weighted by molar-refractivity contribution is 6.00. The molecule has 9 nitrogen and oxygen atoms in total. The number of aromatic nitrogens is 3. The Balaban J connectivity index is 1.66. The Bertz CT molecular complexity index is 1050. The van der Waals surface area contributed by atoms with Gasteiger partial charge in [-0.3, -0.25) is 14.7 Å². The van der Waals surface area contributed by atoms with Gasteiger partial charge in [-0.2, -0.15) is 4.98 Å². The largest absolute Gasteiger partial charge is 0.467 e. The maximum atomic E-state index is 13.7. The summed E-state index contributed by atoms with van der Waals surface area (Å²) in [6.07, 6.45) is 5.43. The van der Waals surface area contributed by atoms with Crippen molar-refractivity contribution in [1.29, 1.82) is 0 Å². The van der Waals surface area contributed by atoms with Crippen LogP contribution in [0.25, 0.3) is 0 Å². The molecule has 0 radical (unpaired) electrons. The summed E-state index contributed by atoms with van der Waals surface area (Å²) in [4.78, 5) is 32.9. The van der Waals surface area contributed by atoms with Gasteiger partial charge in [0, 0.05) is 5.69 Å². The van der Waals surface area contributed by atoms with E-state index in [0.29, 0.717) is 30.1 Å². The van der Waals surface area contributed by atoms with Gasteiger partial charge in [0.1, 0.15) is 17.1 Å². The third-order valence-electron chi connectivity index (χ3n) is 5.99. The molecule has 0 unspecified atom stereocenters. The summed E-state index contributed by atoms with van der Waals surface area (Å²) in [6.45, 7) is 2.19. The van der Waals surface area contributed by atoms with E-state index in [9.17, 15) is 9.59 Å². The minimum Gasteiger partial charge on any atom is -0.467 e. The van der Waals surface area contributed by atoms with Gasteiger partial charge in [0.25, 0.3) is 0 Å². The number of carbonyl (C=O) groups excluding carboxylic acids is 2. The van der Waals surface area contributed by atoms with Crippen molar-refractivity contribution in [2.45, 2.75) is 57.5 Å². The number of benzene rings is 1. The first-order valence-electron chi connectivity index (χ1n) is 10.8. The second kappa shape index (κ2) is 9.25. The molecule has 2 heterocycles. The van der Waals surface area contributed by atoms with E-state index in [1.165, 1.54) is 0 Å². The van der Waals surface area contributed by atoms with Gasteiger partial charge in [0.15, 0.2) is 0 Å². The third-order valence-corrected chi connectivity index (χ3v) is 5.99. The molecule has 0 spiro atoms. The normalized spacial score (nSPS) is 15.3. The molecule has 0 aliphatic heterocycles. The summed E-state index contributed by atoms with van der Waals surface area (Å²) < 4.78 is 5.53. The second-order valence-corrected chi connectivity index (χ2v) is 8.29. The van der Waals surface area contributed by atoms with Crippen LogP contribution in [0.2, 0.25) is 0 Å². The van der Waals surface area contributed by atoms with Crippen molar-refractivity contribution in [2.75, 3.05) is 11.1 Å². The first kappa shape index (κ1) is 21.6. The van der Waals surface area contributed by atoms with E-state index in [0.717, 1.165) is 24.8 Å². The smallest absolute Gasteiger partial charge is 0.250 e. The van der Waals surface area contributed by atoms with Crippen LogP contribution in [0.3, 0.4) is 0 Å². The van der Waals surface area contributed by atoms with Gasteiger partial charge in [0.05, 0.1) is 19.2 Å². The molecule has 1 aliphatic rings. The standard InChI is InChI=1S/C23H28N6O3/c1-16-7-9-17(10-8-16)25-21(31)23(11-3-2-4-12-23)29(15-18-6-5-13-32-18)20(30)14-19-26-22(24)28-27-19/h5-10,13H,2-4,11-12,14-15H2,1H3,(H,25,31)(H3,24,26,27,28). The lowest BCUT2D eigenvalue weighted by atomic mass is 9.78. The molecule has 1 saturated carbocycles. The maximum absolute atomic E-state index is 13.7. The van der Waals surface area contributed by atoms with E-state index in [1.54, 1.807) is 23.3 Å². The lowest BCUT2D eigenvalue weighted by Crippen LogP contribution is -2.60. The van der Waals surface area contributed by atoms with Crippen LogP contribution in [0.15, 0.2) is 47.1 Å². The van der Waals surface area contributed by atoms with E-state index >= 15 is 0 Å². The summed E-state index contributed by atoms with van der Waals surface area (Å²) >= 11 is 0. The Morgan fingerprint density at radius 3 is 2.56 bits per heavy atom. The van der Waals surface area contributed by atoms with Crippen molar-refractivity contribution in [2.24, 2.45) is 0 Å². The van der Waals surface area contributed by atoms with Gasteiger partial charge in [-0.1, -0.05) is 37.0 Å². The Labute approximate surface area is 186 Å². The van der Waals surface area contributed by atoms with Crippen LogP contribution in [0.5, 0.6) is 0 Å². The Morgan fingerprint density at radius 2 is 1.94 bits per heavy atom. The SMILES string of the molecule is Cc1ccc(NC(=O)C2(N(Cc3ccco3)C(=O)Cc3nc(N)n[nH]3)CCCCC2)cc1. The summed E-state index contributed by atoms with van der Waals surface area (Å²) in [6, 6.07) is 11.2. The molecule has 0 atom stereocenters. The third kappa shape index (κ3) is 4.66. The molecule has 2 amide bonds. The molecule has 3 aromatic rings. The zero-order valence-electron chi connectivity index (χ0n) is 18.1. The number of aromatic amines is 1. The summed E-state index contributed by atoms with van der Waals surface area (Å²) in [7, 11) is 0. The van der Waals surface area contributed by atoms with Crippen LogP contribution in [-0.4, -0.2) is 37.4 Å². The van der Waals surface area contributed by atoms with E-state index in [-0.39, 0.29) is 30.7 Å². The highest BCUT2D eigenvalue weighted by Gasteiger charge is 2.47. The molecule has 1 aromatic carbocycles. The highest BCUT2D eigenvalue weighted by Crippen LogP contribution is 2.36. The fraction of sp³-hybridized carbons (Fsp3) is 0.391. The molecule has 1 fully saturated rings. The zero-order chi connectivity index (χ0) is 22.6. The van der Waals surface area contributed by atoms with Gasteiger partial charge in [-0.25, -0.2) is 0 Å². The average molecular weight is 437 g/mol. The van der Waals surface area contributed by atoms with Crippen molar-refractivity contribution >= 4 is 23.5 Å². The fourth-order valence-electron chi connectivity index (χ4n) is 4.30. The Hall–Kier alpha value is -3.62. The number of hydrogen-bond donors (Lipinski definition) is 3. The van der Waals surface area contributed by atoms with Crippen molar-refractivity contribution in [1.82, 2.24) is 20.1 Å². The number of nitrogen functional groups attached to an aromatic ring is 1. The van der Waals surface area contributed by atoms with Crippen molar-refractivity contribution in [3.63, 3.8) is 0 Å². The molecular formula is C23H28N6O3. The maximum Gasteiger partial charge on any atom is 0.250 e. The van der Waals surface area contributed by atoms with Gasteiger partial charge in [-0.15, -0.1) is 5.10 Å². The Morgan fingerprint density at radius 1 is 1.19 bits per heavy atom. The van der Waals surface area contributed by atoms with Crippen molar-refractivity contribution in [3.05, 3.63) is 59.8 Å². The van der Waals surface area contributed by atoms with Crippen molar-refractivity contribution in [3.8, 4) is 0 Å². The summed E-state index contributed by atoms with van der Waals surface area (Å²) in [5.74, 6) is 0.636. The van der Waals surface area contributed by atoms with E-state index < -0.39 is 5.54 Å². The van der Waals surface area contributed by atoms with E-state index in [2.05, 4.69) is 20.5 Å². The number of carbonyl (C=O) groups is 2. The molecular weight excluding hydrogens is 408 g/mol. The minimum atomic E-state index is -0.988. The van der Waals surface area contributed by atoms with Gasteiger partial charge >= 0.3 is 0 Å². The predicted molar refractivity (Wildman–Crippen MR) is 119 cm³/mol. The van der Waals surface area contributed by atoms with Crippen LogP contribution in [0.1, 0.15) is 49.3 Å². The predicted octanol–water partition coefficient (Wildman–Crippen LogP) is 3.20. The lowest BCUT2D eigenvalue weighted by molar-refractivity contribution is -0.148. The number of amides is 2. The first-order valence-corrected chi connectivity index (χ1v) is 10.8. The number of anilines is 2. The number of hydrogen-bond acceptors (Lipinski definition) is 6. The summed E-state index contributed by atoms with van der Waals surface area (Å²) in [5.41, 5.74) is 6.42. The van der Waals surface area contributed by atoms with Crippen molar-refractivity contribution < 1.29 is 14.0 Å². The number of H-pyrrole nitrogens is 1. The summed E-state index contributed by atoms with van der Waals surface area (Å²) in [5, 5.41) is 9.53. The van der Waals surface area contributed by atoms with Gasteiger partial charge in [0.2, 0.25) is 17.8 Å². The molecule has 4 N–H and O–H groups in total. The number of nitrogens with one attached hydrogen (secondary N) is 2. The molecule has 32 heavy (non-hydrogen) atoms. The molecule has 0 saturated heterocycles. The zero-order valence-corrected chi connectivity index (χ0v) is 18.1. The molecule has 4 rings (SSSR count). The van der Waals surface area contributed by atoms with Crippen LogP contribution in [0.4, 0.5) is 11.6 Å². The molecule has 1 aliphatic carbocycles. The minimum absolute atomic E-state index is 0.0372. The van der Waals surface area contributed by atoms with Crippen LogP contribution in [0, 0.1) is 6.92 Å². The monoisotopic (exact) mass is 436 g/mol. The van der Waals surface area contributed by atoms with Gasteiger partial charge in [-0.05, 0) is 44.0 Å². The number of nitrogens with two attached hydrogens (primary N) is 1. The average Bonchev–Trinajstić information content (AvgIpc) is 3.45. The van der Waals surface area contributed by atoms with E-state index in [4.69, 9.17) is 10.2 Å². The van der Waals surface area contributed by atoms with Gasteiger partial charge < -0.3 is 20.4 Å². The van der Waals surface area contributed by atoms with Crippen LogP contribution >= 0.6 is 0 Å². The molecule has 2 aromatic heterocycles. The Kier molecular flexibility index (Phi) is 6.25. The topological polar surface area (TPSA) is 130 Å². The lowest BCUT2D eigenvalue weighted by Gasteiger charge is -2.44. The quantitative estimate of drug-likeness (QED) is 0.521. The number of aryl methyl sites for hydroxylation is 1. The highest BCUT2D eigenvalue weighted by atomic mass is 16.3. The molecule has 0 bridgehead atoms. The number of furan rings is 1. The molecule has 9 heteroatoms. The van der Waals surface area contributed by atoms with Crippen LogP contribution in [-0.2, 0) is 22.6 Å². The fourth-order valence-corrected chi connectivity index (χ4v) is 4.30. The van der Waals surface area contributed by atoms with E-state index in [1.807, 2.05) is 31.2 Å². The second-order valence-electron chi connectivity index (χ2n) is 8.29. The first-order chi connectivity index (χ1) is 15.5. The van der Waals surface area contributed by atoms with Crippen LogP contribution < -0.4 is 11.1 Å².